The summed E-state index contributed by atoms with van der Waals surface area (Å²) in [7, 11) is 1.35. The van der Waals surface area contributed by atoms with Crippen LogP contribution in [0, 0.1) is 13.8 Å². The van der Waals surface area contributed by atoms with Gasteiger partial charge in [-0.25, -0.2) is 9.78 Å². The highest BCUT2D eigenvalue weighted by Crippen LogP contribution is 2.37. The maximum atomic E-state index is 13.4. The van der Waals surface area contributed by atoms with Gasteiger partial charge < -0.3 is 14.6 Å². The third-order valence-corrected chi connectivity index (χ3v) is 6.54. The standard InChI is InChI=1S/C21H23N3O3S/c1-12-17(21(26)27-3)13(2)22-18(12)20(25)24-11-7-6-9-15(24)19-23-14-8-4-5-10-16(14)28-19/h4-5,8,10,15,22H,6-7,9,11H2,1-3H3. The molecule has 1 aliphatic heterocycles. The van der Waals surface area contributed by atoms with Gasteiger partial charge in [0.25, 0.3) is 5.91 Å². The number of carbonyl (C=O) groups is 2. The smallest absolute Gasteiger partial charge is 0.339 e. The van der Waals surface area contributed by atoms with E-state index in [1.165, 1.54) is 7.11 Å². The van der Waals surface area contributed by atoms with Crippen LogP contribution in [0.2, 0.25) is 0 Å². The van der Waals surface area contributed by atoms with Crippen molar-refractivity contribution >= 4 is 33.4 Å². The van der Waals surface area contributed by atoms with Crippen molar-refractivity contribution in [3.8, 4) is 0 Å². The Morgan fingerprint density at radius 1 is 1.25 bits per heavy atom. The molecule has 1 atom stereocenters. The number of hydrogen-bond acceptors (Lipinski definition) is 5. The molecule has 0 spiro atoms. The highest BCUT2D eigenvalue weighted by Gasteiger charge is 2.33. The fourth-order valence-electron chi connectivity index (χ4n) is 3.98. The zero-order valence-corrected chi connectivity index (χ0v) is 17.1. The lowest BCUT2D eigenvalue weighted by Gasteiger charge is -2.34. The van der Waals surface area contributed by atoms with Crippen LogP contribution in [0.15, 0.2) is 24.3 Å². The predicted molar refractivity (Wildman–Crippen MR) is 109 cm³/mol. The molecule has 146 valence electrons. The number of nitrogens with one attached hydrogen (secondary N) is 1. The first-order valence-corrected chi connectivity index (χ1v) is 10.3. The number of hydrogen-bond donors (Lipinski definition) is 1. The maximum Gasteiger partial charge on any atom is 0.339 e. The average Bonchev–Trinajstić information content (AvgIpc) is 3.27. The molecule has 0 aliphatic carbocycles. The highest BCUT2D eigenvalue weighted by molar-refractivity contribution is 7.18. The summed E-state index contributed by atoms with van der Waals surface area (Å²) in [4.78, 5) is 35.3. The third kappa shape index (κ3) is 3.09. The Hall–Kier alpha value is -2.67. The number of aryl methyl sites for hydroxylation is 1. The van der Waals surface area contributed by atoms with E-state index >= 15 is 0 Å². The number of amides is 1. The second-order valence-corrected chi connectivity index (χ2v) is 8.21. The molecule has 1 N–H and O–H groups in total. The number of ether oxygens (including phenoxy) is 1. The zero-order chi connectivity index (χ0) is 19.8. The van der Waals surface area contributed by atoms with E-state index in [-0.39, 0.29) is 11.9 Å². The van der Waals surface area contributed by atoms with Crippen LogP contribution in [0.4, 0.5) is 0 Å². The van der Waals surface area contributed by atoms with Gasteiger partial charge in [0, 0.05) is 12.2 Å². The van der Waals surface area contributed by atoms with Gasteiger partial charge in [0.05, 0.1) is 28.9 Å². The molecule has 1 unspecified atom stereocenters. The van der Waals surface area contributed by atoms with Crippen LogP contribution in [0.25, 0.3) is 10.2 Å². The van der Waals surface area contributed by atoms with Gasteiger partial charge in [-0.3, -0.25) is 4.79 Å². The second-order valence-electron chi connectivity index (χ2n) is 7.15. The van der Waals surface area contributed by atoms with Gasteiger partial charge >= 0.3 is 5.97 Å². The van der Waals surface area contributed by atoms with Gasteiger partial charge in [-0.15, -0.1) is 11.3 Å². The molecule has 4 rings (SSSR count). The summed E-state index contributed by atoms with van der Waals surface area (Å²) in [6.07, 6.45) is 2.93. The Morgan fingerprint density at radius 3 is 2.79 bits per heavy atom. The van der Waals surface area contributed by atoms with Crippen LogP contribution < -0.4 is 0 Å². The van der Waals surface area contributed by atoms with Crippen LogP contribution in [-0.2, 0) is 4.74 Å². The quantitative estimate of drug-likeness (QED) is 0.665. The Labute approximate surface area is 167 Å². The molecular formula is C21H23N3O3S. The number of para-hydroxylation sites is 1. The van der Waals surface area contributed by atoms with E-state index in [9.17, 15) is 9.59 Å². The lowest BCUT2D eigenvalue weighted by molar-refractivity contribution is 0.0599. The van der Waals surface area contributed by atoms with Crippen molar-refractivity contribution in [3.63, 3.8) is 0 Å². The number of rotatable bonds is 3. The molecule has 0 radical (unpaired) electrons. The molecule has 0 bridgehead atoms. The van der Waals surface area contributed by atoms with Gasteiger partial charge in [-0.2, -0.15) is 0 Å². The number of nitrogens with zero attached hydrogens (tertiary/aromatic N) is 2. The Morgan fingerprint density at radius 2 is 2.04 bits per heavy atom. The molecule has 1 fully saturated rings. The number of methoxy groups -OCH3 is 1. The van der Waals surface area contributed by atoms with Gasteiger partial charge in [-0.05, 0) is 50.8 Å². The summed E-state index contributed by atoms with van der Waals surface area (Å²) >= 11 is 1.65. The van der Waals surface area contributed by atoms with Crippen molar-refractivity contribution in [3.05, 3.63) is 51.8 Å². The lowest BCUT2D eigenvalue weighted by atomic mass is 10.0. The van der Waals surface area contributed by atoms with Crippen LogP contribution >= 0.6 is 11.3 Å². The number of esters is 1. The lowest BCUT2D eigenvalue weighted by Crippen LogP contribution is -2.39. The minimum Gasteiger partial charge on any atom is -0.465 e. The second kappa shape index (κ2) is 7.39. The van der Waals surface area contributed by atoms with Crippen molar-refractivity contribution in [2.45, 2.75) is 39.2 Å². The largest absolute Gasteiger partial charge is 0.465 e. The molecule has 0 saturated carbocycles. The summed E-state index contributed by atoms with van der Waals surface area (Å²) < 4.78 is 6.00. The monoisotopic (exact) mass is 397 g/mol. The number of fused-ring (bicyclic) bond motifs is 1. The minimum atomic E-state index is -0.424. The fraction of sp³-hybridized carbons (Fsp3) is 0.381. The zero-order valence-electron chi connectivity index (χ0n) is 16.2. The number of thiazole rings is 1. The molecule has 6 nitrogen and oxygen atoms in total. The van der Waals surface area contributed by atoms with E-state index in [4.69, 9.17) is 9.72 Å². The average molecular weight is 398 g/mol. The molecule has 1 amide bonds. The molecule has 1 aromatic carbocycles. The predicted octanol–water partition coefficient (Wildman–Crippen LogP) is 4.40. The summed E-state index contributed by atoms with van der Waals surface area (Å²) in [5.41, 5.74) is 3.18. The van der Waals surface area contributed by atoms with Crippen LogP contribution in [-0.4, -0.2) is 40.4 Å². The number of carbonyl (C=O) groups excluding carboxylic acids is 2. The van der Waals surface area contributed by atoms with Crippen molar-refractivity contribution in [2.75, 3.05) is 13.7 Å². The first-order chi connectivity index (χ1) is 13.5. The molecule has 2 aromatic heterocycles. The summed E-state index contributed by atoms with van der Waals surface area (Å²) in [5.74, 6) is -0.508. The molecule has 1 saturated heterocycles. The van der Waals surface area contributed by atoms with E-state index in [2.05, 4.69) is 11.1 Å². The molecule has 3 aromatic rings. The number of likely N-dealkylation sites (tertiary alicyclic amines) is 1. The van der Waals surface area contributed by atoms with Gasteiger partial charge in [0.1, 0.15) is 10.7 Å². The molecular weight excluding hydrogens is 374 g/mol. The fourth-order valence-corrected chi connectivity index (χ4v) is 5.09. The normalized spacial score (nSPS) is 17.1. The molecule has 28 heavy (non-hydrogen) atoms. The highest BCUT2D eigenvalue weighted by atomic mass is 32.1. The van der Waals surface area contributed by atoms with Crippen molar-refractivity contribution < 1.29 is 14.3 Å². The number of aromatic nitrogens is 2. The Balaban J connectivity index is 1.70. The summed E-state index contributed by atoms with van der Waals surface area (Å²) in [5, 5.41) is 0.975. The number of benzene rings is 1. The van der Waals surface area contributed by atoms with Crippen LogP contribution in [0.5, 0.6) is 0 Å². The minimum absolute atomic E-state index is 0.0387. The van der Waals surface area contributed by atoms with Gasteiger partial charge in [0.15, 0.2) is 0 Å². The third-order valence-electron chi connectivity index (χ3n) is 5.40. The van der Waals surface area contributed by atoms with Gasteiger partial charge in [0.2, 0.25) is 0 Å². The van der Waals surface area contributed by atoms with Gasteiger partial charge in [-0.1, -0.05) is 12.1 Å². The molecule has 7 heteroatoms. The number of piperidine rings is 1. The summed E-state index contributed by atoms with van der Waals surface area (Å²) in [6.45, 7) is 4.27. The van der Waals surface area contributed by atoms with E-state index in [1.807, 2.05) is 23.1 Å². The first-order valence-electron chi connectivity index (χ1n) is 9.45. The van der Waals surface area contributed by atoms with E-state index in [0.717, 1.165) is 34.5 Å². The van der Waals surface area contributed by atoms with Crippen LogP contribution in [0.1, 0.15) is 62.4 Å². The Bertz CT molecular complexity index is 1020. The number of H-pyrrole nitrogens is 1. The SMILES string of the molecule is COC(=O)c1c(C)[nH]c(C(=O)N2CCCCC2c2nc3ccccc3s2)c1C. The summed E-state index contributed by atoms with van der Waals surface area (Å²) in [6, 6.07) is 8.02. The van der Waals surface area contributed by atoms with E-state index < -0.39 is 5.97 Å². The van der Waals surface area contributed by atoms with Crippen molar-refractivity contribution in [1.29, 1.82) is 0 Å². The molecule has 1 aliphatic rings. The van der Waals surface area contributed by atoms with E-state index in [0.29, 0.717) is 29.1 Å². The maximum absolute atomic E-state index is 13.4. The molecule has 3 heterocycles. The first kappa shape index (κ1) is 18.7. The Kier molecular flexibility index (Phi) is 4.93. The van der Waals surface area contributed by atoms with Crippen molar-refractivity contribution in [1.82, 2.24) is 14.9 Å². The van der Waals surface area contributed by atoms with Crippen LogP contribution in [0.3, 0.4) is 0 Å². The van der Waals surface area contributed by atoms with Crippen molar-refractivity contribution in [2.24, 2.45) is 0 Å². The number of aromatic amines is 1. The van der Waals surface area contributed by atoms with E-state index in [1.54, 1.807) is 25.2 Å². The topological polar surface area (TPSA) is 75.3 Å².